The molecule has 1 atom stereocenters. The molecule has 0 fully saturated rings. The van der Waals surface area contributed by atoms with Crippen LogP contribution in [0.1, 0.15) is 45.3 Å². The molecule has 1 rings (SSSR count). The van der Waals surface area contributed by atoms with Crippen molar-refractivity contribution in [1.82, 2.24) is 15.0 Å². The normalized spacial score (nSPS) is 14.2. The SMILES string of the molecule is CCC(N)c1cn(CCC(C)(C)O)nn1. The van der Waals surface area contributed by atoms with Crippen molar-refractivity contribution in [3.63, 3.8) is 0 Å². The van der Waals surface area contributed by atoms with E-state index in [1.54, 1.807) is 18.5 Å². The number of aryl methyl sites for hydroxylation is 1. The van der Waals surface area contributed by atoms with E-state index in [0.717, 1.165) is 12.1 Å². The zero-order valence-corrected chi connectivity index (χ0v) is 9.64. The molecule has 0 radical (unpaired) electrons. The number of hydrogen-bond donors (Lipinski definition) is 2. The minimum absolute atomic E-state index is 0.0408. The van der Waals surface area contributed by atoms with Gasteiger partial charge in [-0.3, -0.25) is 4.68 Å². The van der Waals surface area contributed by atoms with Gasteiger partial charge in [0, 0.05) is 6.54 Å². The van der Waals surface area contributed by atoms with Crippen molar-refractivity contribution in [3.8, 4) is 0 Å². The van der Waals surface area contributed by atoms with Crippen molar-refractivity contribution >= 4 is 0 Å². The van der Waals surface area contributed by atoms with Gasteiger partial charge >= 0.3 is 0 Å². The summed E-state index contributed by atoms with van der Waals surface area (Å²) < 4.78 is 1.73. The number of aliphatic hydroxyl groups is 1. The van der Waals surface area contributed by atoms with Crippen LogP contribution in [0.2, 0.25) is 0 Å². The molecule has 0 aliphatic carbocycles. The molecule has 86 valence electrons. The second kappa shape index (κ2) is 4.72. The van der Waals surface area contributed by atoms with E-state index >= 15 is 0 Å². The van der Waals surface area contributed by atoms with Crippen molar-refractivity contribution in [3.05, 3.63) is 11.9 Å². The number of hydrogen-bond acceptors (Lipinski definition) is 4. The second-order valence-electron chi connectivity index (χ2n) is 4.48. The van der Waals surface area contributed by atoms with Crippen LogP contribution in [0.5, 0.6) is 0 Å². The van der Waals surface area contributed by atoms with E-state index in [1.807, 2.05) is 13.1 Å². The average Bonchev–Trinajstić information content (AvgIpc) is 2.61. The molecule has 0 saturated heterocycles. The first-order valence-electron chi connectivity index (χ1n) is 5.30. The summed E-state index contributed by atoms with van der Waals surface area (Å²) in [4.78, 5) is 0. The molecule has 1 aromatic heterocycles. The molecule has 3 N–H and O–H groups in total. The smallest absolute Gasteiger partial charge is 0.0993 e. The molecule has 15 heavy (non-hydrogen) atoms. The lowest BCUT2D eigenvalue weighted by molar-refractivity contribution is 0.0649. The van der Waals surface area contributed by atoms with E-state index in [4.69, 9.17) is 5.73 Å². The highest BCUT2D eigenvalue weighted by Gasteiger charge is 2.13. The minimum atomic E-state index is -0.668. The molecule has 0 bridgehead atoms. The monoisotopic (exact) mass is 212 g/mol. The van der Waals surface area contributed by atoms with Gasteiger partial charge in [0.1, 0.15) is 0 Å². The van der Waals surface area contributed by atoms with Gasteiger partial charge < -0.3 is 10.8 Å². The van der Waals surface area contributed by atoms with Crippen molar-refractivity contribution in [2.75, 3.05) is 0 Å². The predicted molar refractivity (Wildman–Crippen MR) is 58.2 cm³/mol. The Balaban J connectivity index is 2.53. The van der Waals surface area contributed by atoms with Crippen LogP contribution in [0.4, 0.5) is 0 Å². The van der Waals surface area contributed by atoms with Crippen LogP contribution in [-0.2, 0) is 6.54 Å². The molecule has 1 heterocycles. The van der Waals surface area contributed by atoms with Gasteiger partial charge in [0.25, 0.3) is 0 Å². The molecule has 5 heteroatoms. The molecule has 0 saturated carbocycles. The molecular weight excluding hydrogens is 192 g/mol. The van der Waals surface area contributed by atoms with E-state index in [1.165, 1.54) is 0 Å². The first-order valence-corrected chi connectivity index (χ1v) is 5.30. The Morgan fingerprint density at radius 2 is 2.27 bits per heavy atom. The van der Waals surface area contributed by atoms with Gasteiger partial charge in [-0.15, -0.1) is 5.10 Å². The van der Waals surface area contributed by atoms with Gasteiger partial charge in [0.05, 0.1) is 23.5 Å². The maximum atomic E-state index is 9.55. The van der Waals surface area contributed by atoms with E-state index < -0.39 is 5.60 Å². The third-order valence-corrected chi connectivity index (χ3v) is 2.33. The molecule has 0 aliphatic rings. The highest BCUT2D eigenvalue weighted by atomic mass is 16.3. The Labute approximate surface area is 90.3 Å². The number of nitrogens with two attached hydrogens (primary N) is 1. The Morgan fingerprint density at radius 3 is 2.80 bits per heavy atom. The molecule has 1 unspecified atom stereocenters. The van der Waals surface area contributed by atoms with Crippen molar-refractivity contribution < 1.29 is 5.11 Å². The summed E-state index contributed by atoms with van der Waals surface area (Å²) in [6.45, 7) is 6.23. The maximum absolute atomic E-state index is 9.55. The third-order valence-electron chi connectivity index (χ3n) is 2.33. The van der Waals surface area contributed by atoms with Crippen LogP contribution in [0.25, 0.3) is 0 Å². The van der Waals surface area contributed by atoms with Crippen molar-refractivity contribution in [1.29, 1.82) is 0 Å². The summed E-state index contributed by atoms with van der Waals surface area (Å²) in [6.07, 6.45) is 3.35. The van der Waals surface area contributed by atoms with Crippen LogP contribution < -0.4 is 5.73 Å². The summed E-state index contributed by atoms with van der Waals surface area (Å²) in [5, 5.41) is 17.5. The third kappa shape index (κ3) is 3.97. The molecule has 0 amide bonds. The fraction of sp³-hybridized carbons (Fsp3) is 0.800. The Bertz CT molecular complexity index is 303. The summed E-state index contributed by atoms with van der Waals surface area (Å²) in [6, 6.07) is -0.0408. The minimum Gasteiger partial charge on any atom is -0.390 e. The largest absolute Gasteiger partial charge is 0.390 e. The van der Waals surface area contributed by atoms with Gasteiger partial charge in [-0.05, 0) is 26.7 Å². The number of aromatic nitrogens is 3. The molecular formula is C10H20N4O. The first kappa shape index (κ1) is 12.1. The quantitative estimate of drug-likeness (QED) is 0.758. The summed E-state index contributed by atoms with van der Waals surface area (Å²) in [5.41, 5.74) is 5.97. The van der Waals surface area contributed by atoms with Crippen LogP contribution in [-0.4, -0.2) is 25.7 Å². The van der Waals surface area contributed by atoms with Crippen LogP contribution in [0.3, 0.4) is 0 Å². The van der Waals surface area contributed by atoms with E-state index in [0.29, 0.717) is 13.0 Å². The van der Waals surface area contributed by atoms with Gasteiger partial charge in [-0.25, -0.2) is 0 Å². The summed E-state index contributed by atoms with van der Waals surface area (Å²) in [7, 11) is 0. The number of nitrogens with zero attached hydrogens (tertiary/aromatic N) is 3. The lowest BCUT2D eigenvalue weighted by Crippen LogP contribution is -2.21. The molecule has 5 nitrogen and oxygen atoms in total. The van der Waals surface area contributed by atoms with E-state index in [-0.39, 0.29) is 6.04 Å². The lowest BCUT2D eigenvalue weighted by Gasteiger charge is -2.15. The molecule has 0 spiro atoms. The van der Waals surface area contributed by atoms with E-state index in [9.17, 15) is 5.11 Å². The lowest BCUT2D eigenvalue weighted by atomic mass is 10.1. The fourth-order valence-corrected chi connectivity index (χ4v) is 1.19. The Kier molecular flexibility index (Phi) is 3.82. The van der Waals surface area contributed by atoms with Crippen molar-refractivity contribution in [2.24, 2.45) is 5.73 Å². The first-order chi connectivity index (χ1) is 6.92. The average molecular weight is 212 g/mol. The summed E-state index contributed by atoms with van der Waals surface area (Å²) >= 11 is 0. The summed E-state index contributed by atoms with van der Waals surface area (Å²) in [5.74, 6) is 0. The fourth-order valence-electron chi connectivity index (χ4n) is 1.19. The van der Waals surface area contributed by atoms with Gasteiger partial charge in [0.15, 0.2) is 0 Å². The standard InChI is InChI=1S/C10H20N4O/c1-4-8(11)9-7-14(13-12-9)6-5-10(2,3)15/h7-8,15H,4-6,11H2,1-3H3. The van der Waals surface area contributed by atoms with Crippen LogP contribution in [0.15, 0.2) is 6.20 Å². The van der Waals surface area contributed by atoms with Crippen molar-refractivity contribution in [2.45, 2.75) is 51.8 Å². The zero-order chi connectivity index (χ0) is 11.5. The number of rotatable bonds is 5. The van der Waals surface area contributed by atoms with Gasteiger partial charge in [-0.1, -0.05) is 12.1 Å². The molecule has 1 aromatic rings. The zero-order valence-electron chi connectivity index (χ0n) is 9.64. The topological polar surface area (TPSA) is 77.0 Å². The molecule has 0 aliphatic heterocycles. The van der Waals surface area contributed by atoms with E-state index in [2.05, 4.69) is 10.3 Å². The van der Waals surface area contributed by atoms with Gasteiger partial charge in [-0.2, -0.15) is 0 Å². The predicted octanol–water partition coefficient (Wildman–Crippen LogP) is 0.849. The highest BCUT2D eigenvalue weighted by molar-refractivity contribution is 4.98. The van der Waals surface area contributed by atoms with Gasteiger partial charge in [0.2, 0.25) is 0 Å². The Hall–Kier alpha value is -0.940. The Morgan fingerprint density at radius 1 is 1.60 bits per heavy atom. The maximum Gasteiger partial charge on any atom is 0.0993 e. The van der Waals surface area contributed by atoms with Crippen LogP contribution >= 0.6 is 0 Å². The highest BCUT2D eigenvalue weighted by Crippen LogP contribution is 2.11. The van der Waals surface area contributed by atoms with Crippen LogP contribution in [0, 0.1) is 0 Å². The second-order valence-corrected chi connectivity index (χ2v) is 4.48. The molecule has 0 aromatic carbocycles.